The van der Waals surface area contributed by atoms with E-state index in [9.17, 15) is 4.79 Å². The zero-order chi connectivity index (χ0) is 11.4. The average molecular weight is 230 g/mol. The molecule has 1 heterocycles. The van der Waals surface area contributed by atoms with E-state index in [1.165, 1.54) is 12.3 Å². The van der Waals surface area contributed by atoms with Crippen LogP contribution in [0.1, 0.15) is 17.3 Å². The first-order chi connectivity index (χ1) is 7.04. The fourth-order valence-electron chi connectivity index (χ4n) is 0.984. The van der Waals surface area contributed by atoms with E-state index in [2.05, 4.69) is 10.3 Å². The number of nitrogens with two attached hydrogens (primary N) is 1. The first-order valence-corrected chi connectivity index (χ1v) is 4.75. The lowest BCUT2D eigenvalue weighted by Crippen LogP contribution is -2.35. The molecule has 6 heteroatoms. The second kappa shape index (κ2) is 4.95. The monoisotopic (exact) mass is 229 g/mol. The van der Waals surface area contributed by atoms with Gasteiger partial charge in [-0.2, -0.15) is 0 Å². The van der Waals surface area contributed by atoms with Crippen molar-refractivity contribution in [2.24, 2.45) is 0 Å². The summed E-state index contributed by atoms with van der Waals surface area (Å²) in [6.07, 6.45) is 1.32. The summed E-state index contributed by atoms with van der Waals surface area (Å²) in [7, 11) is 0. The Labute approximate surface area is 92.3 Å². The molecule has 15 heavy (non-hydrogen) atoms. The Balaban J connectivity index is 2.86. The summed E-state index contributed by atoms with van der Waals surface area (Å²) in [4.78, 5) is 15.3. The van der Waals surface area contributed by atoms with Crippen molar-refractivity contribution in [3.63, 3.8) is 0 Å². The number of pyridine rings is 1. The first kappa shape index (κ1) is 11.7. The number of amides is 1. The molecule has 1 aromatic heterocycles. The Morgan fingerprint density at radius 3 is 3.07 bits per heavy atom. The van der Waals surface area contributed by atoms with Crippen LogP contribution >= 0.6 is 11.6 Å². The van der Waals surface area contributed by atoms with E-state index >= 15 is 0 Å². The molecule has 0 aliphatic carbocycles. The van der Waals surface area contributed by atoms with Crippen molar-refractivity contribution in [1.29, 1.82) is 0 Å². The van der Waals surface area contributed by atoms with Gasteiger partial charge in [-0.1, -0.05) is 11.6 Å². The highest BCUT2D eigenvalue weighted by Crippen LogP contribution is 2.14. The van der Waals surface area contributed by atoms with Crippen molar-refractivity contribution in [3.8, 4) is 0 Å². The van der Waals surface area contributed by atoms with E-state index in [1.807, 2.05) is 0 Å². The summed E-state index contributed by atoms with van der Waals surface area (Å²) >= 11 is 5.64. The summed E-state index contributed by atoms with van der Waals surface area (Å²) in [5.74, 6) is -0.377. The molecule has 0 aliphatic rings. The quantitative estimate of drug-likeness (QED) is 0.656. The maximum Gasteiger partial charge on any atom is 0.253 e. The molecule has 0 saturated heterocycles. The number of halogens is 1. The molecule has 82 valence electrons. The predicted octanol–water partition coefficient (Wildman–Crippen LogP) is 0.428. The third-order valence-corrected chi connectivity index (χ3v) is 2.00. The molecule has 0 radical (unpaired) electrons. The normalized spacial score (nSPS) is 12.2. The molecule has 0 aromatic carbocycles. The number of nitrogens with one attached hydrogen (secondary N) is 1. The van der Waals surface area contributed by atoms with Crippen LogP contribution in [0.3, 0.4) is 0 Å². The summed E-state index contributed by atoms with van der Waals surface area (Å²) in [6, 6.07) is 1.06. The fourth-order valence-corrected chi connectivity index (χ4v) is 1.14. The largest absolute Gasteiger partial charge is 0.397 e. The van der Waals surface area contributed by atoms with E-state index in [1.54, 1.807) is 6.92 Å². The van der Waals surface area contributed by atoms with Crippen LogP contribution in [0.2, 0.25) is 5.15 Å². The van der Waals surface area contributed by atoms with Gasteiger partial charge in [0.2, 0.25) is 0 Å². The third kappa shape index (κ3) is 3.07. The number of anilines is 1. The molecular weight excluding hydrogens is 218 g/mol. The number of hydrogen-bond acceptors (Lipinski definition) is 4. The smallest absolute Gasteiger partial charge is 0.253 e. The van der Waals surface area contributed by atoms with Gasteiger partial charge in [-0.3, -0.25) is 4.79 Å². The number of aliphatic hydroxyl groups is 1. The van der Waals surface area contributed by atoms with Crippen LogP contribution in [-0.2, 0) is 0 Å². The van der Waals surface area contributed by atoms with Gasteiger partial charge < -0.3 is 16.2 Å². The number of carbonyl (C=O) groups excluding carboxylic acids is 1. The van der Waals surface area contributed by atoms with Gasteiger partial charge in [0.05, 0.1) is 24.1 Å². The molecule has 0 aliphatic heterocycles. The van der Waals surface area contributed by atoms with E-state index in [0.29, 0.717) is 0 Å². The van der Waals surface area contributed by atoms with Gasteiger partial charge >= 0.3 is 0 Å². The summed E-state index contributed by atoms with van der Waals surface area (Å²) in [6.45, 7) is 1.54. The number of aliphatic hydroxyl groups excluding tert-OH is 1. The number of carbonyl (C=O) groups is 1. The van der Waals surface area contributed by atoms with Crippen LogP contribution in [0.4, 0.5) is 5.69 Å². The lowest BCUT2D eigenvalue weighted by molar-refractivity contribution is 0.0923. The fraction of sp³-hybridized carbons (Fsp3) is 0.333. The first-order valence-electron chi connectivity index (χ1n) is 4.37. The second-order valence-corrected chi connectivity index (χ2v) is 3.54. The van der Waals surface area contributed by atoms with Crippen LogP contribution in [0, 0.1) is 0 Å². The summed E-state index contributed by atoms with van der Waals surface area (Å²) < 4.78 is 0. The van der Waals surface area contributed by atoms with Crippen molar-refractivity contribution in [3.05, 3.63) is 23.0 Å². The maximum absolute atomic E-state index is 11.6. The third-order valence-electron chi connectivity index (χ3n) is 1.80. The van der Waals surface area contributed by atoms with E-state index in [4.69, 9.17) is 22.4 Å². The van der Waals surface area contributed by atoms with Gasteiger partial charge in [-0.15, -0.1) is 0 Å². The molecule has 0 fully saturated rings. The molecule has 0 saturated carbocycles. The van der Waals surface area contributed by atoms with Gasteiger partial charge in [-0.25, -0.2) is 4.98 Å². The van der Waals surface area contributed by atoms with Crippen LogP contribution in [-0.4, -0.2) is 28.6 Å². The van der Waals surface area contributed by atoms with Gasteiger partial charge in [0.15, 0.2) is 0 Å². The van der Waals surface area contributed by atoms with Crippen LogP contribution in [0.5, 0.6) is 0 Å². The highest BCUT2D eigenvalue weighted by atomic mass is 35.5. The number of hydrogen-bond donors (Lipinski definition) is 3. The van der Waals surface area contributed by atoms with E-state index < -0.39 is 0 Å². The zero-order valence-corrected chi connectivity index (χ0v) is 8.95. The molecule has 0 unspecified atom stereocenters. The summed E-state index contributed by atoms with van der Waals surface area (Å²) in [5.41, 5.74) is 6.07. The Hall–Kier alpha value is -1.33. The van der Waals surface area contributed by atoms with Gasteiger partial charge in [0.25, 0.3) is 5.91 Å². The molecule has 0 bridgehead atoms. The second-order valence-electron chi connectivity index (χ2n) is 3.15. The maximum atomic E-state index is 11.6. The molecule has 4 N–H and O–H groups in total. The minimum Gasteiger partial charge on any atom is -0.397 e. The van der Waals surface area contributed by atoms with Gasteiger partial charge in [0.1, 0.15) is 5.15 Å². The molecule has 1 atom stereocenters. The molecular formula is C9H12ClN3O2. The van der Waals surface area contributed by atoms with Crippen LogP contribution < -0.4 is 11.1 Å². The Morgan fingerprint density at radius 2 is 2.47 bits per heavy atom. The molecule has 0 spiro atoms. The van der Waals surface area contributed by atoms with E-state index in [0.717, 1.165) is 0 Å². The lowest BCUT2D eigenvalue weighted by atomic mass is 10.2. The van der Waals surface area contributed by atoms with Crippen molar-refractivity contribution in [2.45, 2.75) is 13.0 Å². The summed E-state index contributed by atoms with van der Waals surface area (Å²) in [5, 5.41) is 11.5. The lowest BCUT2D eigenvalue weighted by Gasteiger charge is -2.11. The Kier molecular flexibility index (Phi) is 3.88. The standard InChI is InChI=1S/C9H12ClN3O2/c1-5(4-14)13-9(15)6-2-8(10)12-3-7(6)11/h2-3,5,14H,4,11H2,1H3,(H,13,15)/t5-/m0/s1. The number of aromatic nitrogens is 1. The SMILES string of the molecule is C[C@@H](CO)NC(=O)c1cc(Cl)ncc1N. The average Bonchev–Trinajstić information content (AvgIpc) is 2.21. The molecule has 1 amide bonds. The molecule has 1 rings (SSSR count). The van der Waals surface area contributed by atoms with Gasteiger partial charge in [0, 0.05) is 6.04 Å². The number of nitrogens with zero attached hydrogens (tertiary/aromatic N) is 1. The van der Waals surface area contributed by atoms with Crippen LogP contribution in [0.25, 0.3) is 0 Å². The highest BCUT2D eigenvalue weighted by molar-refractivity contribution is 6.29. The predicted molar refractivity (Wildman–Crippen MR) is 57.7 cm³/mol. The number of nitrogen functional groups attached to an aromatic ring is 1. The van der Waals surface area contributed by atoms with Crippen molar-refractivity contribution < 1.29 is 9.90 Å². The van der Waals surface area contributed by atoms with Crippen molar-refractivity contribution in [2.75, 3.05) is 12.3 Å². The minimum absolute atomic E-state index is 0.134. The molecule has 5 nitrogen and oxygen atoms in total. The van der Waals surface area contributed by atoms with E-state index in [-0.39, 0.29) is 35.0 Å². The van der Waals surface area contributed by atoms with Crippen LogP contribution in [0.15, 0.2) is 12.3 Å². The minimum atomic E-state index is -0.377. The number of rotatable bonds is 3. The Bertz CT molecular complexity index is 370. The molecule has 1 aromatic rings. The highest BCUT2D eigenvalue weighted by Gasteiger charge is 2.12. The van der Waals surface area contributed by atoms with Crippen molar-refractivity contribution in [1.82, 2.24) is 10.3 Å². The van der Waals surface area contributed by atoms with Crippen molar-refractivity contribution >= 4 is 23.2 Å². The Morgan fingerprint density at radius 1 is 1.80 bits per heavy atom. The topological polar surface area (TPSA) is 88.2 Å². The zero-order valence-electron chi connectivity index (χ0n) is 8.20. The van der Waals surface area contributed by atoms with Gasteiger partial charge in [-0.05, 0) is 13.0 Å².